The van der Waals surface area contributed by atoms with Crippen LogP contribution in [0.2, 0.25) is 0 Å². The highest BCUT2D eigenvalue weighted by atomic mass is 79.9. The molecule has 1 aliphatic rings. The number of nitrogens with zero attached hydrogens (tertiary/aromatic N) is 1. The van der Waals surface area contributed by atoms with Gasteiger partial charge in [-0.1, -0.05) is 52.0 Å². The van der Waals surface area contributed by atoms with Crippen LogP contribution in [-0.2, 0) is 9.59 Å². The molecule has 3 amide bonds. The minimum absolute atomic E-state index is 0.177. The summed E-state index contributed by atoms with van der Waals surface area (Å²) in [6.45, 7) is 0. The Hall–Kier alpha value is -3.66. The molecule has 0 saturated carbocycles. The smallest absolute Gasteiger partial charge is 0.283 e. The Morgan fingerprint density at radius 1 is 0.806 bits per heavy atom. The molecule has 2 N–H and O–H groups in total. The molecule has 36 heavy (non-hydrogen) atoms. The molecule has 2 heterocycles. The van der Waals surface area contributed by atoms with Gasteiger partial charge in [0.25, 0.3) is 17.7 Å². The second-order valence-corrected chi connectivity index (χ2v) is 10.6. The summed E-state index contributed by atoms with van der Waals surface area (Å²) in [6.07, 6.45) is 0. The number of anilines is 3. The summed E-state index contributed by atoms with van der Waals surface area (Å²) in [7, 11) is 0. The van der Waals surface area contributed by atoms with Crippen LogP contribution >= 0.6 is 39.0 Å². The summed E-state index contributed by atoms with van der Waals surface area (Å²) in [6, 6.07) is 27.0. The lowest BCUT2D eigenvalue weighted by molar-refractivity contribution is -0.120. The third-order valence-electron chi connectivity index (χ3n) is 5.25. The first-order chi connectivity index (χ1) is 17.5. The number of rotatable bonds is 7. The fourth-order valence-electron chi connectivity index (χ4n) is 3.53. The molecule has 0 unspecified atom stereocenters. The Balaban J connectivity index is 1.41. The number of imide groups is 1. The molecule has 9 heteroatoms. The molecule has 5 rings (SSSR count). The van der Waals surface area contributed by atoms with Gasteiger partial charge in [-0.3, -0.25) is 14.4 Å². The van der Waals surface area contributed by atoms with E-state index in [9.17, 15) is 14.4 Å². The fourth-order valence-corrected chi connectivity index (χ4v) is 5.34. The van der Waals surface area contributed by atoms with Crippen molar-refractivity contribution in [1.82, 2.24) is 0 Å². The number of hydrogen-bond donors (Lipinski definition) is 2. The molecule has 4 aromatic rings. The van der Waals surface area contributed by atoms with Crippen molar-refractivity contribution in [1.29, 1.82) is 0 Å². The van der Waals surface area contributed by atoms with Crippen LogP contribution in [0.25, 0.3) is 0 Å². The van der Waals surface area contributed by atoms with Gasteiger partial charge in [0.05, 0.1) is 10.6 Å². The molecule has 3 aromatic carbocycles. The Kier molecular flexibility index (Phi) is 7.04. The summed E-state index contributed by atoms with van der Waals surface area (Å²) in [4.78, 5) is 42.0. The molecule has 178 valence electrons. The quantitative estimate of drug-likeness (QED) is 0.238. The van der Waals surface area contributed by atoms with Crippen LogP contribution in [0, 0.1) is 0 Å². The summed E-state index contributed by atoms with van der Waals surface area (Å²) in [5.74, 6) is -0.994. The van der Waals surface area contributed by atoms with E-state index in [1.54, 1.807) is 42.5 Å². The number of halogens is 1. The first kappa shape index (κ1) is 24.1. The van der Waals surface area contributed by atoms with Crippen LogP contribution in [0.4, 0.5) is 17.1 Å². The van der Waals surface area contributed by atoms with Crippen molar-refractivity contribution < 1.29 is 14.4 Å². The average molecular weight is 576 g/mol. The summed E-state index contributed by atoms with van der Waals surface area (Å²) < 4.78 is 0.905. The highest BCUT2D eigenvalue weighted by molar-refractivity contribution is 9.10. The zero-order chi connectivity index (χ0) is 25.1. The van der Waals surface area contributed by atoms with E-state index >= 15 is 0 Å². The number of carbonyl (C=O) groups is 3. The van der Waals surface area contributed by atoms with Crippen LogP contribution in [0.1, 0.15) is 9.67 Å². The first-order valence-corrected chi connectivity index (χ1v) is 13.3. The van der Waals surface area contributed by atoms with E-state index in [0.717, 1.165) is 9.37 Å². The van der Waals surface area contributed by atoms with Gasteiger partial charge in [0, 0.05) is 20.7 Å². The van der Waals surface area contributed by atoms with Crippen LogP contribution in [0.3, 0.4) is 0 Å². The van der Waals surface area contributed by atoms with Gasteiger partial charge in [-0.05, 0) is 72.1 Å². The van der Waals surface area contributed by atoms with Gasteiger partial charge in [0.15, 0.2) is 0 Å². The Morgan fingerprint density at radius 2 is 1.50 bits per heavy atom. The summed E-state index contributed by atoms with van der Waals surface area (Å²) >= 11 is 5.98. The number of amides is 3. The Bertz CT molecular complexity index is 1450. The predicted octanol–water partition coefficient (Wildman–Crippen LogP) is 6.75. The molecule has 1 aromatic heterocycles. The van der Waals surface area contributed by atoms with Gasteiger partial charge >= 0.3 is 0 Å². The maximum absolute atomic E-state index is 13.4. The second-order valence-electron chi connectivity index (χ2n) is 7.68. The topological polar surface area (TPSA) is 78.5 Å². The van der Waals surface area contributed by atoms with Gasteiger partial charge in [0.2, 0.25) is 0 Å². The van der Waals surface area contributed by atoms with E-state index in [0.29, 0.717) is 26.8 Å². The number of carbonyl (C=O) groups excluding carboxylic acids is 3. The van der Waals surface area contributed by atoms with Gasteiger partial charge < -0.3 is 10.6 Å². The average Bonchev–Trinajstić information content (AvgIpc) is 3.51. The zero-order valence-corrected chi connectivity index (χ0v) is 21.8. The highest BCUT2D eigenvalue weighted by Crippen LogP contribution is 2.38. The van der Waals surface area contributed by atoms with Crippen molar-refractivity contribution in [2.24, 2.45) is 0 Å². The maximum atomic E-state index is 13.4. The lowest BCUT2D eigenvalue weighted by atomic mass is 10.3. The Labute approximate surface area is 224 Å². The largest absolute Gasteiger partial charge is 0.350 e. The summed E-state index contributed by atoms with van der Waals surface area (Å²) in [5, 5.41) is 7.85. The minimum Gasteiger partial charge on any atom is -0.350 e. The van der Waals surface area contributed by atoms with Crippen molar-refractivity contribution in [3.8, 4) is 0 Å². The number of benzene rings is 3. The van der Waals surface area contributed by atoms with E-state index < -0.39 is 11.8 Å². The molecule has 6 nitrogen and oxygen atoms in total. The van der Waals surface area contributed by atoms with Gasteiger partial charge in [-0.25, -0.2) is 4.90 Å². The van der Waals surface area contributed by atoms with E-state index in [1.165, 1.54) is 28.0 Å². The SMILES string of the molecule is O=C(Nc1ccc(SC2=C(Nc3ccc(Br)cc3)C(=O)N(c3ccccc3)C2=O)cc1)c1cccs1. The minimum atomic E-state index is -0.420. The molecule has 0 saturated heterocycles. The highest BCUT2D eigenvalue weighted by Gasteiger charge is 2.40. The van der Waals surface area contributed by atoms with Crippen molar-refractivity contribution >= 4 is 73.8 Å². The second kappa shape index (κ2) is 10.5. The standard InChI is InChI=1S/C27H18BrN3O3S2/c28-17-8-10-18(11-9-17)29-23-24(27(34)31(26(23)33)20-5-2-1-3-6-20)36-21-14-12-19(13-15-21)30-25(32)22-7-4-16-35-22/h1-16,29H,(H,30,32). The third kappa shape index (κ3) is 5.13. The fraction of sp³-hybridized carbons (Fsp3) is 0. The van der Waals surface area contributed by atoms with Crippen molar-refractivity contribution in [2.45, 2.75) is 4.90 Å². The number of thioether (sulfide) groups is 1. The molecular weight excluding hydrogens is 558 g/mol. The molecule has 0 aliphatic carbocycles. The van der Waals surface area contributed by atoms with E-state index in [4.69, 9.17) is 0 Å². The van der Waals surface area contributed by atoms with Crippen LogP contribution in [0.5, 0.6) is 0 Å². The molecule has 0 fully saturated rings. The molecular formula is C27H18BrN3O3S2. The van der Waals surface area contributed by atoms with Gasteiger partial charge in [0.1, 0.15) is 10.6 Å². The summed E-state index contributed by atoms with van der Waals surface area (Å²) in [5.41, 5.74) is 2.05. The lowest BCUT2D eigenvalue weighted by Gasteiger charge is -2.15. The van der Waals surface area contributed by atoms with Crippen LogP contribution in [-0.4, -0.2) is 17.7 Å². The van der Waals surface area contributed by atoms with Crippen molar-refractivity contribution in [2.75, 3.05) is 15.5 Å². The normalized spacial score (nSPS) is 13.3. The first-order valence-electron chi connectivity index (χ1n) is 10.8. The lowest BCUT2D eigenvalue weighted by Crippen LogP contribution is -2.32. The molecule has 0 spiro atoms. The van der Waals surface area contributed by atoms with Gasteiger partial charge in [-0.15, -0.1) is 11.3 Å². The molecule has 0 bridgehead atoms. The predicted molar refractivity (Wildman–Crippen MR) is 148 cm³/mol. The number of hydrogen-bond acceptors (Lipinski definition) is 6. The Morgan fingerprint density at radius 3 is 2.17 bits per heavy atom. The van der Waals surface area contributed by atoms with Crippen LogP contribution in [0.15, 0.2) is 116 Å². The van der Waals surface area contributed by atoms with Crippen molar-refractivity contribution in [3.63, 3.8) is 0 Å². The van der Waals surface area contributed by atoms with E-state index in [-0.39, 0.29) is 11.6 Å². The molecule has 0 radical (unpaired) electrons. The maximum Gasteiger partial charge on any atom is 0.283 e. The zero-order valence-electron chi connectivity index (χ0n) is 18.6. The third-order valence-corrected chi connectivity index (χ3v) is 7.73. The number of thiophene rings is 1. The van der Waals surface area contributed by atoms with Crippen LogP contribution < -0.4 is 15.5 Å². The molecule has 0 atom stereocenters. The number of para-hydroxylation sites is 1. The number of nitrogens with one attached hydrogen (secondary N) is 2. The monoisotopic (exact) mass is 575 g/mol. The van der Waals surface area contributed by atoms with Gasteiger partial charge in [-0.2, -0.15) is 0 Å². The van der Waals surface area contributed by atoms with E-state index in [1.807, 2.05) is 53.9 Å². The van der Waals surface area contributed by atoms with Crippen molar-refractivity contribution in [3.05, 3.63) is 116 Å². The molecule has 1 aliphatic heterocycles. The van der Waals surface area contributed by atoms with E-state index in [2.05, 4.69) is 26.6 Å².